The molecule has 6 heteroatoms. The molecule has 0 N–H and O–H groups in total. The van der Waals surface area contributed by atoms with E-state index in [-0.39, 0.29) is 12.1 Å². The Bertz CT molecular complexity index is 740. The summed E-state index contributed by atoms with van der Waals surface area (Å²) in [6.07, 6.45) is 5.60. The van der Waals surface area contributed by atoms with Crippen LogP contribution in [0.4, 0.5) is 5.69 Å². The van der Waals surface area contributed by atoms with Gasteiger partial charge in [-0.1, -0.05) is 6.07 Å². The van der Waals surface area contributed by atoms with E-state index < -0.39 is 0 Å². The molecule has 0 amide bonds. The van der Waals surface area contributed by atoms with Crippen molar-refractivity contribution in [1.82, 2.24) is 14.8 Å². The van der Waals surface area contributed by atoms with E-state index in [2.05, 4.69) is 15.0 Å². The largest absolute Gasteiger partial charge is 0.370 e. The molecule has 2 aromatic heterocycles. The normalized spacial score (nSPS) is 14.1. The van der Waals surface area contributed by atoms with Crippen LogP contribution in [-0.4, -0.2) is 27.9 Å². The van der Waals surface area contributed by atoms with Crippen LogP contribution in [0.25, 0.3) is 0 Å². The molecule has 0 radical (unpaired) electrons. The molecular formula is C15H15N5O. The van der Waals surface area contributed by atoms with E-state index in [1.807, 2.05) is 6.07 Å². The molecule has 1 fully saturated rings. The molecule has 1 aliphatic heterocycles. The van der Waals surface area contributed by atoms with Crippen LogP contribution in [0.15, 0.2) is 35.4 Å². The molecule has 1 aliphatic rings. The van der Waals surface area contributed by atoms with Crippen LogP contribution in [0.5, 0.6) is 0 Å². The fourth-order valence-electron chi connectivity index (χ4n) is 2.52. The number of hydrogen-bond donors (Lipinski definition) is 0. The highest BCUT2D eigenvalue weighted by Gasteiger charge is 2.14. The molecule has 6 nitrogen and oxygen atoms in total. The molecule has 0 unspecified atom stereocenters. The van der Waals surface area contributed by atoms with E-state index in [4.69, 9.17) is 5.26 Å². The van der Waals surface area contributed by atoms with Gasteiger partial charge in [-0.2, -0.15) is 10.4 Å². The maximum absolute atomic E-state index is 12.2. The van der Waals surface area contributed by atoms with Crippen molar-refractivity contribution < 1.29 is 0 Å². The number of hydrogen-bond acceptors (Lipinski definition) is 5. The number of nitriles is 1. The summed E-state index contributed by atoms with van der Waals surface area (Å²) in [6, 6.07) is 7.18. The Morgan fingerprint density at radius 1 is 1.33 bits per heavy atom. The van der Waals surface area contributed by atoms with Crippen molar-refractivity contribution in [3.05, 3.63) is 52.2 Å². The quantitative estimate of drug-likeness (QED) is 0.844. The molecule has 0 atom stereocenters. The van der Waals surface area contributed by atoms with Gasteiger partial charge in [0.1, 0.15) is 11.8 Å². The molecule has 3 heterocycles. The molecular weight excluding hydrogens is 266 g/mol. The second-order valence-electron chi connectivity index (χ2n) is 5.03. The molecule has 3 rings (SSSR count). The minimum absolute atomic E-state index is 0.160. The predicted octanol–water partition coefficient (Wildman–Crippen LogP) is 1.16. The van der Waals surface area contributed by atoms with Crippen molar-refractivity contribution in [2.75, 3.05) is 18.0 Å². The topological polar surface area (TPSA) is 74.8 Å². The minimum Gasteiger partial charge on any atom is -0.370 e. The van der Waals surface area contributed by atoms with Crippen LogP contribution in [-0.2, 0) is 6.54 Å². The second-order valence-corrected chi connectivity index (χ2v) is 5.03. The summed E-state index contributed by atoms with van der Waals surface area (Å²) < 4.78 is 1.36. The second kappa shape index (κ2) is 5.75. The summed E-state index contributed by atoms with van der Waals surface area (Å²) in [5.74, 6) is 0. The highest BCUT2D eigenvalue weighted by atomic mass is 16.1. The summed E-state index contributed by atoms with van der Waals surface area (Å²) in [5, 5.41) is 13.2. The monoisotopic (exact) mass is 281 g/mol. The van der Waals surface area contributed by atoms with E-state index in [9.17, 15) is 4.79 Å². The van der Waals surface area contributed by atoms with Gasteiger partial charge in [0.05, 0.1) is 18.4 Å². The summed E-state index contributed by atoms with van der Waals surface area (Å²) in [7, 11) is 0. The van der Waals surface area contributed by atoms with Crippen molar-refractivity contribution in [2.24, 2.45) is 0 Å². The predicted molar refractivity (Wildman–Crippen MR) is 78.0 cm³/mol. The third-order valence-corrected chi connectivity index (χ3v) is 3.64. The summed E-state index contributed by atoms with van der Waals surface area (Å²) in [6.45, 7) is 2.22. The summed E-state index contributed by atoms with van der Waals surface area (Å²) >= 11 is 0. The van der Waals surface area contributed by atoms with Crippen LogP contribution in [0.2, 0.25) is 0 Å². The Labute approximate surface area is 122 Å². The molecule has 1 saturated heterocycles. The number of nitrogens with zero attached hydrogens (tertiary/aromatic N) is 5. The standard InChI is InChI=1S/C15H15N5O/c16-9-14-12(4-3-5-17-14)11-20-15(21)8-13(10-18-20)19-6-1-2-7-19/h3-5,8,10H,1-2,6-7,11H2. The molecule has 0 spiro atoms. The summed E-state index contributed by atoms with van der Waals surface area (Å²) in [4.78, 5) is 18.3. The van der Waals surface area contributed by atoms with Crippen LogP contribution in [0.3, 0.4) is 0 Å². The van der Waals surface area contributed by atoms with Crippen molar-refractivity contribution in [2.45, 2.75) is 19.4 Å². The van der Waals surface area contributed by atoms with Gasteiger partial charge in [0, 0.05) is 30.9 Å². The zero-order chi connectivity index (χ0) is 14.7. The molecule has 2 aromatic rings. The Hall–Kier alpha value is -2.68. The van der Waals surface area contributed by atoms with Gasteiger partial charge in [-0.3, -0.25) is 4.79 Å². The van der Waals surface area contributed by atoms with E-state index in [1.54, 1.807) is 30.6 Å². The molecule has 21 heavy (non-hydrogen) atoms. The Balaban J connectivity index is 1.86. The van der Waals surface area contributed by atoms with Crippen molar-refractivity contribution in [1.29, 1.82) is 5.26 Å². The van der Waals surface area contributed by atoms with Crippen LogP contribution in [0.1, 0.15) is 24.1 Å². The number of pyridine rings is 1. The first kappa shape index (κ1) is 13.3. The minimum atomic E-state index is -0.160. The SMILES string of the molecule is N#Cc1ncccc1Cn1ncc(N2CCCC2)cc1=O. The molecule has 0 aromatic carbocycles. The lowest BCUT2D eigenvalue weighted by Gasteiger charge is -2.17. The van der Waals surface area contributed by atoms with Crippen molar-refractivity contribution in [3.8, 4) is 6.07 Å². The lowest BCUT2D eigenvalue weighted by Crippen LogP contribution is -2.26. The van der Waals surface area contributed by atoms with Gasteiger partial charge in [-0.15, -0.1) is 0 Å². The van der Waals surface area contributed by atoms with E-state index in [0.29, 0.717) is 11.3 Å². The van der Waals surface area contributed by atoms with Gasteiger partial charge < -0.3 is 4.90 Å². The van der Waals surface area contributed by atoms with E-state index in [0.717, 1.165) is 31.6 Å². The van der Waals surface area contributed by atoms with Crippen LogP contribution < -0.4 is 10.5 Å². The molecule has 106 valence electrons. The lowest BCUT2D eigenvalue weighted by molar-refractivity contribution is 0.635. The first-order valence-corrected chi connectivity index (χ1v) is 6.94. The lowest BCUT2D eigenvalue weighted by atomic mass is 10.2. The van der Waals surface area contributed by atoms with Gasteiger partial charge in [-0.25, -0.2) is 9.67 Å². The van der Waals surface area contributed by atoms with E-state index in [1.165, 1.54) is 4.68 Å². The highest BCUT2D eigenvalue weighted by Crippen LogP contribution is 2.17. The zero-order valence-electron chi connectivity index (χ0n) is 11.6. The molecule has 0 saturated carbocycles. The van der Waals surface area contributed by atoms with Crippen LogP contribution >= 0.6 is 0 Å². The average Bonchev–Trinajstić information content (AvgIpc) is 3.04. The number of aromatic nitrogens is 3. The number of rotatable bonds is 3. The van der Waals surface area contributed by atoms with Gasteiger partial charge in [0.15, 0.2) is 0 Å². The smallest absolute Gasteiger partial charge is 0.269 e. The number of anilines is 1. The Kier molecular flexibility index (Phi) is 3.65. The van der Waals surface area contributed by atoms with Gasteiger partial charge >= 0.3 is 0 Å². The maximum atomic E-state index is 12.2. The van der Waals surface area contributed by atoms with Crippen LogP contribution in [0, 0.1) is 11.3 Å². The maximum Gasteiger partial charge on any atom is 0.269 e. The van der Waals surface area contributed by atoms with Gasteiger partial charge in [-0.05, 0) is 18.9 Å². The first-order chi connectivity index (χ1) is 10.3. The Morgan fingerprint density at radius 3 is 2.86 bits per heavy atom. The van der Waals surface area contributed by atoms with Crippen molar-refractivity contribution >= 4 is 5.69 Å². The van der Waals surface area contributed by atoms with E-state index >= 15 is 0 Å². The fraction of sp³-hybridized carbons (Fsp3) is 0.333. The third-order valence-electron chi connectivity index (χ3n) is 3.64. The van der Waals surface area contributed by atoms with Gasteiger partial charge in [0.2, 0.25) is 0 Å². The molecule has 0 aliphatic carbocycles. The summed E-state index contributed by atoms with van der Waals surface area (Å²) in [5.41, 5.74) is 1.74. The fourth-order valence-corrected chi connectivity index (χ4v) is 2.52. The first-order valence-electron chi connectivity index (χ1n) is 6.94. The van der Waals surface area contributed by atoms with Gasteiger partial charge in [0.25, 0.3) is 5.56 Å². The highest BCUT2D eigenvalue weighted by molar-refractivity contribution is 5.43. The third kappa shape index (κ3) is 2.77. The van der Waals surface area contributed by atoms with Crippen molar-refractivity contribution in [3.63, 3.8) is 0 Å². The Morgan fingerprint density at radius 2 is 2.14 bits per heavy atom. The zero-order valence-corrected chi connectivity index (χ0v) is 11.6. The average molecular weight is 281 g/mol. The molecule has 0 bridgehead atoms.